The fraction of sp³-hybridized carbons (Fsp3) is 0.364. The van der Waals surface area contributed by atoms with Crippen LogP contribution in [0.3, 0.4) is 0 Å². The van der Waals surface area contributed by atoms with Crippen LogP contribution >= 0.6 is 0 Å². The largest absolute Gasteiger partial charge is 0.340 e. The fourth-order valence-electron chi connectivity index (χ4n) is 3.78. The van der Waals surface area contributed by atoms with E-state index in [1.165, 1.54) is 6.26 Å². The second kappa shape index (κ2) is 9.17. The van der Waals surface area contributed by atoms with E-state index < -0.39 is 9.84 Å². The van der Waals surface area contributed by atoms with Crippen molar-refractivity contribution in [3.05, 3.63) is 65.5 Å². The molecule has 32 heavy (non-hydrogen) atoms. The van der Waals surface area contributed by atoms with Gasteiger partial charge in [-0.05, 0) is 52.7 Å². The molecule has 10 heteroatoms. The lowest BCUT2D eigenvalue weighted by molar-refractivity contribution is -0.132. The van der Waals surface area contributed by atoms with E-state index in [1.54, 1.807) is 28.9 Å². The highest BCUT2D eigenvalue weighted by Crippen LogP contribution is 2.16. The highest BCUT2D eigenvalue weighted by atomic mass is 32.2. The third-order valence-electron chi connectivity index (χ3n) is 5.74. The van der Waals surface area contributed by atoms with Crippen molar-refractivity contribution >= 4 is 15.7 Å². The Kier molecular flexibility index (Phi) is 6.33. The molecule has 2 aromatic carbocycles. The summed E-state index contributed by atoms with van der Waals surface area (Å²) in [4.78, 5) is 17.1. The molecule has 1 aromatic heterocycles. The number of carbonyl (C=O) groups is 1. The molecule has 0 aliphatic carbocycles. The molecule has 0 bridgehead atoms. The normalized spacial score (nSPS) is 15.1. The molecule has 0 unspecified atom stereocenters. The maximum atomic E-state index is 12.7. The van der Waals surface area contributed by atoms with Gasteiger partial charge in [-0.25, -0.2) is 8.42 Å². The fourth-order valence-corrected chi connectivity index (χ4v) is 4.41. The molecule has 3 aromatic rings. The van der Waals surface area contributed by atoms with E-state index in [9.17, 15) is 13.2 Å². The Balaban J connectivity index is 1.36. The molecule has 4 rings (SSSR count). The molecule has 0 atom stereocenters. The van der Waals surface area contributed by atoms with Crippen molar-refractivity contribution in [1.82, 2.24) is 30.0 Å². The van der Waals surface area contributed by atoms with Crippen LogP contribution in [-0.4, -0.2) is 76.8 Å². The molecule has 9 nitrogen and oxygen atoms in total. The zero-order valence-corrected chi connectivity index (χ0v) is 19.0. The van der Waals surface area contributed by atoms with Crippen LogP contribution in [0.2, 0.25) is 0 Å². The summed E-state index contributed by atoms with van der Waals surface area (Å²) in [5, 5.41) is 12.0. The van der Waals surface area contributed by atoms with Crippen LogP contribution in [0.25, 0.3) is 5.69 Å². The molecule has 0 N–H and O–H groups in total. The SMILES string of the molecule is Cc1ccccc1CC(=O)N1CCN(Cc2nnnn2-c2ccc(S(C)(=O)=O)cc2)CC1. The number of hydrogen-bond acceptors (Lipinski definition) is 7. The van der Waals surface area contributed by atoms with Crippen LogP contribution in [-0.2, 0) is 27.6 Å². The van der Waals surface area contributed by atoms with E-state index >= 15 is 0 Å². The average Bonchev–Trinajstić information content (AvgIpc) is 3.23. The first-order valence-corrected chi connectivity index (χ1v) is 12.3. The lowest BCUT2D eigenvalue weighted by Crippen LogP contribution is -2.49. The Morgan fingerprint density at radius 2 is 1.69 bits per heavy atom. The third kappa shape index (κ3) is 5.03. The summed E-state index contributed by atoms with van der Waals surface area (Å²) in [5.74, 6) is 0.812. The van der Waals surface area contributed by atoms with Gasteiger partial charge in [0.2, 0.25) is 5.91 Å². The van der Waals surface area contributed by atoms with Crippen LogP contribution in [0.15, 0.2) is 53.4 Å². The number of benzene rings is 2. The van der Waals surface area contributed by atoms with E-state index in [-0.39, 0.29) is 10.8 Å². The van der Waals surface area contributed by atoms with Gasteiger partial charge in [0, 0.05) is 32.4 Å². The van der Waals surface area contributed by atoms with Gasteiger partial charge in [0.1, 0.15) is 0 Å². The number of tetrazole rings is 1. The number of amides is 1. The van der Waals surface area contributed by atoms with Crippen LogP contribution in [0.4, 0.5) is 0 Å². The van der Waals surface area contributed by atoms with Crippen molar-refractivity contribution in [1.29, 1.82) is 0 Å². The van der Waals surface area contributed by atoms with Gasteiger partial charge in [-0.2, -0.15) is 4.68 Å². The predicted molar refractivity (Wildman–Crippen MR) is 119 cm³/mol. The van der Waals surface area contributed by atoms with Crippen LogP contribution in [0, 0.1) is 6.92 Å². The summed E-state index contributed by atoms with van der Waals surface area (Å²) >= 11 is 0. The topological polar surface area (TPSA) is 101 Å². The summed E-state index contributed by atoms with van der Waals surface area (Å²) in [6, 6.07) is 14.5. The monoisotopic (exact) mass is 454 g/mol. The molecule has 1 saturated heterocycles. The molecule has 0 radical (unpaired) electrons. The second-order valence-corrected chi connectivity index (χ2v) is 10.0. The van der Waals surface area contributed by atoms with Gasteiger partial charge >= 0.3 is 0 Å². The number of piperazine rings is 1. The van der Waals surface area contributed by atoms with E-state index in [2.05, 4.69) is 20.4 Å². The molecule has 1 amide bonds. The van der Waals surface area contributed by atoms with E-state index in [0.29, 0.717) is 37.6 Å². The quantitative estimate of drug-likeness (QED) is 0.553. The molecular weight excluding hydrogens is 428 g/mol. The molecule has 168 valence electrons. The Morgan fingerprint density at radius 1 is 1.00 bits per heavy atom. The summed E-state index contributed by atoms with van der Waals surface area (Å²) in [6.45, 7) is 5.36. The van der Waals surface area contributed by atoms with Gasteiger partial charge in [-0.1, -0.05) is 24.3 Å². The Labute approximate surface area is 187 Å². The molecular formula is C22H26N6O3S. The lowest BCUT2D eigenvalue weighted by atomic mass is 10.1. The lowest BCUT2D eigenvalue weighted by Gasteiger charge is -2.34. The molecule has 0 spiro atoms. The minimum atomic E-state index is -3.26. The summed E-state index contributed by atoms with van der Waals surface area (Å²) < 4.78 is 25.0. The van der Waals surface area contributed by atoms with E-state index in [4.69, 9.17) is 0 Å². The van der Waals surface area contributed by atoms with Gasteiger partial charge in [0.15, 0.2) is 15.7 Å². The zero-order chi connectivity index (χ0) is 22.7. The minimum Gasteiger partial charge on any atom is -0.340 e. The van der Waals surface area contributed by atoms with Crippen LogP contribution in [0.5, 0.6) is 0 Å². The van der Waals surface area contributed by atoms with Crippen molar-refractivity contribution in [2.75, 3.05) is 32.4 Å². The smallest absolute Gasteiger partial charge is 0.227 e. The molecule has 1 aliphatic rings. The number of nitrogens with zero attached hydrogens (tertiary/aromatic N) is 6. The van der Waals surface area contributed by atoms with Crippen molar-refractivity contribution in [3.8, 4) is 5.69 Å². The Bertz CT molecular complexity index is 1200. The summed E-state index contributed by atoms with van der Waals surface area (Å²) in [5.41, 5.74) is 2.90. The first-order valence-electron chi connectivity index (χ1n) is 10.4. The van der Waals surface area contributed by atoms with Crippen molar-refractivity contribution in [3.63, 3.8) is 0 Å². The van der Waals surface area contributed by atoms with Crippen LogP contribution in [0.1, 0.15) is 17.0 Å². The number of aromatic nitrogens is 4. The Hall–Kier alpha value is -3.11. The van der Waals surface area contributed by atoms with Gasteiger partial charge in [0.05, 0.1) is 23.5 Å². The predicted octanol–water partition coefficient (Wildman–Crippen LogP) is 1.26. The molecule has 1 aliphatic heterocycles. The van der Waals surface area contributed by atoms with E-state index in [1.807, 2.05) is 36.1 Å². The minimum absolute atomic E-state index is 0.148. The molecule has 2 heterocycles. The number of rotatable bonds is 6. The van der Waals surface area contributed by atoms with Crippen LogP contribution < -0.4 is 0 Å². The highest BCUT2D eigenvalue weighted by molar-refractivity contribution is 7.90. The van der Waals surface area contributed by atoms with Gasteiger partial charge in [-0.15, -0.1) is 5.10 Å². The number of hydrogen-bond donors (Lipinski definition) is 0. The standard InChI is InChI=1S/C22H26N6O3S/c1-17-5-3-4-6-18(17)15-22(29)27-13-11-26(12-14-27)16-21-23-24-25-28(21)19-7-9-20(10-8-19)32(2,30)31/h3-10H,11-16H2,1-2H3. The molecule has 0 saturated carbocycles. The van der Waals surface area contributed by atoms with Gasteiger partial charge < -0.3 is 4.90 Å². The van der Waals surface area contributed by atoms with E-state index in [0.717, 1.165) is 24.2 Å². The number of sulfone groups is 1. The number of carbonyl (C=O) groups excluding carboxylic acids is 1. The maximum absolute atomic E-state index is 12.7. The summed E-state index contributed by atoms with van der Waals surface area (Å²) in [7, 11) is -3.26. The first kappa shape index (κ1) is 22.1. The van der Waals surface area contributed by atoms with Gasteiger partial charge in [-0.3, -0.25) is 9.69 Å². The third-order valence-corrected chi connectivity index (χ3v) is 6.86. The first-order chi connectivity index (χ1) is 15.3. The van der Waals surface area contributed by atoms with Gasteiger partial charge in [0.25, 0.3) is 0 Å². The molecule has 1 fully saturated rings. The summed E-state index contributed by atoms with van der Waals surface area (Å²) in [6.07, 6.45) is 1.60. The Morgan fingerprint density at radius 3 is 2.34 bits per heavy atom. The van der Waals surface area contributed by atoms with Crippen molar-refractivity contribution in [2.45, 2.75) is 24.8 Å². The van der Waals surface area contributed by atoms with Crippen molar-refractivity contribution < 1.29 is 13.2 Å². The zero-order valence-electron chi connectivity index (χ0n) is 18.2. The number of aryl methyl sites for hydroxylation is 1. The maximum Gasteiger partial charge on any atom is 0.227 e. The highest BCUT2D eigenvalue weighted by Gasteiger charge is 2.23. The average molecular weight is 455 g/mol. The second-order valence-electron chi connectivity index (χ2n) is 8.03. The van der Waals surface area contributed by atoms with Crippen molar-refractivity contribution in [2.24, 2.45) is 0 Å².